The zero-order valence-electron chi connectivity index (χ0n) is 13.7. The largest absolute Gasteiger partial charge is 0.369 e. The standard InChI is InChI=1S/C17H19N5O2/c1-20-15(14(10-18)16(23)21(2)17(20)24)19-12-8-9-22(11-12)13-6-4-3-5-7-13/h3-7,12,19H,8-9,11H2,1-2H3/t12-/m0/s1. The minimum absolute atomic E-state index is 0.0299. The lowest BCUT2D eigenvalue weighted by Gasteiger charge is -2.21. The van der Waals surface area contributed by atoms with Gasteiger partial charge in [0.1, 0.15) is 11.9 Å². The van der Waals surface area contributed by atoms with Gasteiger partial charge in [0.15, 0.2) is 5.56 Å². The zero-order valence-corrected chi connectivity index (χ0v) is 13.7. The van der Waals surface area contributed by atoms with Crippen LogP contribution in [0.5, 0.6) is 0 Å². The molecule has 2 aromatic rings. The fraction of sp³-hybridized carbons (Fsp3) is 0.353. The molecule has 0 radical (unpaired) electrons. The quantitative estimate of drug-likeness (QED) is 0.896. The Morgan fingerprint density at radius 1 is 1.17 bits per heavy atom. The summed E-state index contributed by atoms with van der Waals surface area (Å²) in [7, 11) is 2.94. The van der Waals surface area contributed by atoms with Crippen molar-refractivity contribution in [2.24, 2.45) is 14.1 Å². The van der Waals surface area contributed by atoms with Crippen LogP contribution < -0.4 is 21.5 Å². The van der Waals surface area contributed by atoms with Gasteiger partial charge in [-0.15, -0.1) is 0 Å². The first-order valence-corrected chi connectivity index (χ1v) is 7.79. The summed E-state index contributed by atoms with van der Waals surface area (Å²) in [5.74, 6) is 0.297. The lowest BCUT2D eigenvalue weighted by atomic mass is 10.2. The molecule has 2 heterocycles. The molecule has 0 spiro atoms. The molecule has 0 aliphatic carbocycles. The van der Waals surface area contributed by atoms with E-state index < -0.39 is 11.2 Å². The lowest BCUT2D eigenvalue weighted by molar-refractivity contribution is 0.674. The third-order valence-corrected chi connectivity index (χ3v) is 4.43. The number of nitrogens with one attached hydrogen (secondary N) is 1. The SMILES string of the molecule is Cn1c(N[C@H]2CCN(c3ccccc3)C2)c(C#N)c(=O)n(C)c1=O. The van der Waals surface area contributed by atoms with E-state index in [9.17, 15) is 14.9 Å². The van der Waals surface area contributed by atoms with Gasteiger partial charge >= 0.3 is 5.69 Å². The monoisotopic (exact) mass is 325 g/mol. The molecule has 1 aliphatic rings. The molecule has 0 amide bonds. The molecule has 3 rings (SSSR count). The topological polar surface area (TPSA) is 83.1 Å². The predicted octanol–water partition coefficient (Wildman–Crippen LogP) is 0.646. The van der Waals surface area contributed by atoms with Crippen molar-refractivity contribution < 1.29 is 0 Å². The molecule has 1 N–H and O–H groups in total. The summed E-state index contributed by atoms with van der Waals surface area (Å²) in [4.78, 5) is 26.5. The summed E-state index contributed by atoms with van der Waals surface area (Å²) < 4.78 is 2.28. The van der Waals surface area contributed by atoms with Crippen molar-refractivity contribution in [1.29, 1.82) is 5.26 Å². The van der Waals surface area contributed by atoms with Gasteiger partial charge in [-0.1, -0.05) is 18.2 Å². The Kier molecular flexibility index (Phi) is 4.13. The van der Waals surface area contributed by atoms with Crippen LogP contribution in [0.15, 0.2) is 39.9 Å². The second kappa shape index (κ2) is 6.24. The van der Waals surface area contributed by atoms with Gasteiger partial charge in [-0.05, 0) is 18.6 Å². The molecule has 0 bridgehead atoms. The highest BCUT2D eigenvalue weighted by Crippen LogP contribution is 2.22. The fourth-order valence-electron chi connectivity index (χ4n) is 3.06. The van der Waals surface area contributed by atoms with Crippen LogP contribution in [0, 0.1) is 11.3 Å². The van der Waals surface area contributed by atoms with Gasteiger partial charge in [0.2, 0.25) is 0 Å². The van der Waals surface area contributed by atoms with Crippen molar-refractivity contribution >= 4 is 11.5 Å². The van der Waals surface area contributed by atoms with Crippen molar-refractivity contribution in [2.45, 2.75) is 12.5 Å². The molecular weight excluding hydrogens is 306 g/mol. The first-order chi connectivity index (χ1) is 11.5. The number of benzene rings is 1. The molecule has 1 atom stereocenters. The van der Waals surface area contributed by atoms with Gasteiger partial charge in [-0.2, -0.15) is 5.26 Å². The molecular formula is C17H19N5O2. The summed E-state index contributed by atoms with van der Waals surface area (Å²) in [5, 5.41) is 12.5. The predicted molar refractivity (Wildman–Crippen MR) is 92.3 cm³/mol. The van der Waals surface area contributed by atoms with Crippen LogP contribution in [-0.2, 0) is 14.1 Å². The summed E-state index contributed by atoms with van der Waals surface area (Å²) in [6.07, 6.45) is 0.864. The smallest absolute Gasteiger partial charge is 0.332 e. The average Bonchev–Trinajstić information content (AvgIpc) is 3.07. The van der Waals surface area contributed by atoms with Crippen molar-refractivity contribution in [3.05, 3.63) is 56.7 Å². The second-order valence-electron chi connectivity index (χ2n) is 5.95. The fourth-order valence-corrected chi connectivity index (χ4v) is 3.06. The summed E-state index contributed by atoms with van der Waals surface area (Å²) in [6, 6.07) is 12.1. The lowest BCUT2D eigenvalue weighted by Crippen LogP contribution is -2.41. The van der Waals surface area contributed by atoms with Gasteiger partial charge in [-0.25, -0.2) is 4.79 Å². The third-order valence-electron chi connectivity index (χ3n) is 4.43. The Hall–Kier alpha value is -3.01. The van der Waals surface area contributed by atoms with E-state index in [-0.39, 0.29) is 11.6 Å². The van der Waals surface area contributed by atoms with Crippen molar-refractivity contribution in [2.75, 3.05) is 23.3 Å². The first-order valence-electron chi connectivity index (χ1n) is 7.79. The molecule has 1 saturated heterocycles. The molecule has 0 saturated carbocycles. The van der Waals surface area contributed by atoms with E-state index in [2.05, 4.69) is 22.3 Å². The Morgan fingerprint density at radius 2 is 1.88 bits per heavy atom. The van der Waals surface area contributed by atoms with Crippen LogP contribution in [0.1, 0.15) is 12.0 Å². The van der Waals surface area contributed by atoms with E-state index in [1.54, 1.807) is 7.05 Å². The first kappa shape index (κ1) is 15.9. The highest BCUT2D eigenvalue weighted by atomic mass is 16.2. The van der Waals surface area contributed by atoms with Crippen LogP contribution in [0.25, 0.3) is 0 Å². The number of nitrogens with zero attached hydrogens (tertiary/aromatic N) is 4. The number of aromatic nitrogens is 2. The molecule has 7 nitrogen and oxygen atoms in total. The molecule has 1 aromatic heterocycles. The molecule has 1 aliphatic heterocycles. The Morgan fingerprint density at radius 3 is 2.54 bits per heavy atom. The van der Waals surface area contributed by atoms with Crippen LogP contribution in [-0.4, -0.2) is 28.3 Å². The van der Waals surface area contributed by atoms with Crippen LogP contribution >= 0.6 is 0 Å². The molecule has 0 unspecified atom stereocenters. The zero-order chi connectivity index (χ0) is 17.3. The Labute approximate surface area is 139 Å². The van der Waals surface area contributed by atoms with E-state index in [0.717, 1.165) is 29.8 Å². The number of anilines is 2. The van der Waals surface area contributed by atoms with Crippen LogP contribution in [0.2, 0.25) is 0 Å². The third kappa shape index (κ3) is 2.67. The number of hydrogen-bond acceptors (Lipinski definition) is 5. The van der Waals surface area contributed by atoms with E-state index in [0.29, 0.717) is 5.82 Å². The molecule has 124 valence electrons. The minimum atomic E-state index is -0.569. The van der Waals surface area contributed by atoms with E-state index in [4.69, 9.17) is 0 Å². The van der Waals surface area contributed by atoms with Crippen LogP contribution in [0.3, 0.4) is 0 Å². The van der Waals surface area contributed by atoms with Crippen molar-refractivity contribution in [3.63, 3.8) is 0 Å². The molecule has 1 aromatic carbocycles. The normalized spacial score (nSPS) is 16.9. The van der Waals surface area contributed by atoms with E-state index >= 15 is 0 Å². The summed E-state index contributed by atoms with van der Waals surface area (Å²) in [6.45, 7) is 1.63. The van der Waals surface area contributed by atoms with Gasteiger partial charge in [-0.3, -0.25) is 13.9 Å². The maximum absolute atomic E-state index is 12.1. The summed E-state index contributed by atoms with van der Waals surface area (Å²) >= 11 is 0. The molecule has 1 fully saturated rings. The number of hydrogen-bond donors (Lipinski definition) is 1. The number of para-hydroxylation sites is 1. The van der Waals surface area contributed by atoms with E-state index in [1.807, 2.05) is 24.3 Å². The van der Waals surface area contributed by atoms with Gasteiger partial charge in [0.25, 0.3) is 5.56 Å². The van der Waals surface area contributed by atoms with Gasteiger partial charge in [0.05, 0.1) is 0 Å². The average molecular weight is 325 g/mol. The number of nitriles is 1. The van der Waals surface area contributed by atoms with Crippen LogP contribution in [0.4, 0.5) is 11.5 Å². The minimum Gasteiger partial charge on any atom is -0.369 e. The molecule has 24 heavy (non-hydrogen) atoms. The number of rotatable bonds is 3. The van der Waals surface area contributed by atoms with Crippen molar-refractivity contribution in [3.8, 4) is 6.07 Å². The summed E-state index contributed by atoms with van der Waals surface area (Å²) in [5.41, 5.74) is 0.0957. The molecule has 7 heteroatoms. The second-order valence-corrected chi connectivity index (χ2v) is 5.95. The Balaban J connectivity index is 1.87. The Bertz CT molecular complexity index is 908. The maximum atomic E-state index is 12.1. The van der Waals surface area contributed by atoms with Gasteiger partial charge < -0.3 is 10.2 Å². The van der Waals surface area contributed by atoms with Gasteiger partial charge in [0, 0.05) is 38.9 Å². The van der Waals surface area contributed by atoms with Crippen molar-refractivity contribution in [1.82, 2.24) is 9.13 Å². The maximum Gasteiger partial charge on any atom is 0.332 e. The van der Waals surface area contributed by atoms with E-state index in [1.165, 1.54) is 11.6 Å². The highest BCUT2D eigenvalue weighted by molar-refractivity contribution is 5.53. The highest BCUT2D eigenvalue weighted by Gasteiger charge is 2.25.